The van der Waals surface area contributed by atoms with Crippen molar-refractivity contribution >= 4 is 5.97 Å². The van der Waals surface area contributed by atoms with Gasteiger partial charge >= 0.3 is 5.97 Å². The summed E-state index contributed by atoms with van der Waals surface area (Å²) >= 11 is 0. The second-order valence-corrected chi connectivity index (χ2v) is 4.75. The molecule has 0 N–H and O–H groups in total. The molecular formula is C12H21NO4. The van der Waals surface area contributed by atoms with Gasteiger partial charge in [-0.25, -0.2) is 0 Å². The summed E-state index contributed by atoms with van der Waals surface area (Å²) in [6.07, 6.45) is 2.93. The lowest BCUT2D eigenvalue weighted by Gasteiger charge is -2.31. The van der Waals surface area contributed by atoms with Crippen LogP contribution in [-0.2, 0) is 19.0 Å². The smallest absolute Gasteiger partial charge is 0.326 e. The minimum atomic E-state index is -0.262. The molecule has 2 rings (SSSR count). The quantitative estimate of drug-likeness (QED) is 0.673. The van der Waals surface area contributed by atoms with Crippen LogP contribution in [0, 0.1) is 0 Å². The number of rotatable bonds is 3. The number of hydrogen-bond acceptors (Lipinski definition) is 5. The van der Waals surface area contributed by atoms with Crippen molar-refractivity contribution in [1.82, 2.24) is 4.90 Å². The van der Waals surface area contributed by atoms with Gasteiger partial charge in [0.05, 0.1) is 19.3 Å². The van der Waals surface area contributed by atoms with E-state index < -0.39 is 0 Å². The number of carbonyl (C=O) groups excluding carboxylic acids is 1. The molecule has 0 aromatic heterocycles. The van der Waals surface area contributed by atoms with Crippen molar-refractivity contribution in [3.63, 3.8) is 0 Å². The lowest BCUT2D eigenvalue weighted by Crippen LogP contribution is -2.49. The van der Waals surface area contributed by atoms with Gasteiger partial charge in [0.2, 0.25) is 0 Å². The highest BCUT2D eigenvalue weighted by atomic mass is 16.6. The molecule has 0 spiro atoms. The summed E-state index contributed by atoms with van der Waals surface area (Å²) in [5.74, 6) is -0.179. The number of morpholine rings is 1. The zero-order valence-corrected chi connectivity index (χ0v) is 10.6. The minimum Gasteiger partial charge on any atom is -0.458 e. The van der Waals surface area contributed by atoms with Crippen molar-refractivity contribution in [2.75, 3.05) is 33.9 Å². The highest BCUT2D eigenvalue weighted by Crippen LogP contribution is 2.25. The van der Waals surface area contributed by atoms with Gasteiger partial charge in [0.25, 0.3) is 0 Å². The van der Waals surface area contributed by atoms with Crippen LogP contribution in [0.5, 0.6) is 0 Å². The van der Waals surface area contributed by atoms with Gasteiger partial charge < -0.3 is 14.2 Å². The van der Waals surface area contributed by atoms with Gasteiger partial charge in [-0.1, -0.05) is 0 Å². The summed E-state index contributed by atoms with van der Waals surface area (Å²) in [5.41, 5.74) is 0. The molecule has 0 bridgehead atoms. The predicted molar refractivity (Wildman–Crippen MR) is 61.8 cm³/mol. The molecule has 17 heavy (non-hydrogen) atoms. The number of methoxy groups -OCH3 is 1. The predicted octanol–water partition coefficient (Wildman–Crippen LogP) is 0.428. The van der Waals surface area contributed by atoms with E-state index in [1.807, 2.05) is 11.9 Å². The maximum absolute atomic E-state index is 12.0. The molecule has 2 fully saturated rings. The van der Waals surface area contributed by atoms with Gasteiger partial charge in [0, 0.05) is 13.7 Å². The Kier molecular flexibility index (Phi) is 4.36. The fraction of sp³-hybridized carbons (Fsp3) is 0.917. The lowest BCUT2D eigenvalue weighted by molar-refractivity contribution is -0.165. The van der Waals surface area contributed by atoms with Crippen molar-refractivity contribution < 1.29 is 19.0 Å². The van der Waals surface area contributed by atoms with Crippen LogP contribution in [0.25, 0.3) is 0 Å². The van der Waals surface area contributed by atoms with Crippen LogP contribution in [0.2, 0.25) is 0 Å². The van der Waals surface area contributed by atoms with E-state index in [4.69, 9.17) is 14.2 Å². The van der Waals surface area contributed by atoms with E-state index in [2.05, 4.69) is 0 Å². The third-order valence-corrected chi connectivity index (χ3v) is 3.63. The van der Waals surface area contributed by atoms with Crippen LogP contribution in [0.4, 0.5) is 0 Å². The Morgan fingerprint density at radius 1 is 1.35 bits per heavy atom. The van der Waals surface area contributed by atoms with E-state index in [1.165, 1.54) is 0 Å². The molecule has 1 heterocycles. The van der Waals surface area contributed by atoms with Crippen molar-refractivity contribution in [2.45, 2.75) is 37.5 Å². The first-order valence-electron chi connectivity index (χ1n) is 6.23. The highest BCUT2D eigenvalue weighted by Gasteiger charge is 2.34. The first-order valence-corrected chi connectivity index (χ1v) is 6.23. The van der Waals surface area contributed by atoms with Crippen molar-refractivity contribution in [2.24, 2.45) is 0 Å². The number of esters is 1. The summed E-state index contributed by atoms with van der Waals surface area (Å²) in [7, 11) is 3.60. The zero-order chi connectivity index (χ0) is 12.3. The van der Waals surface area contributed by atoms with E-state index in [0.717, 1.165) is 25.8 Å². The third kappa shape index (κ3) is 2.97. The first-order chi connectivity index (χ1) is 8.22. The van der Waals surface area contributed by atoms with Gasteiger partial charge in [-0.15, -0.1) is 0 Å². The van der Waals surface area contributed by atoms with Crippen molar-refractivity contribution in [3.05, 3.63) is 0 Å². The Hall–Kier alpha value is -0.650. The van der Waals surface area contributed by atoms with Crippen LogP contribution in [0.3, 0.4) is 0 Å². The lowest BCUT2D eigenvalue weighted by atomic mass is 10.2. The summed E-state index contributed by atoms with van der Waals surface area (Å²) in [6.45, 7) is 1.89. The van der Waals surface area contributed by atoms with Crippen LogP contribution in [0.1, 0.15) is 19.3 Å². The van der Waals surface area contributed by atoms with Crippen molar-refractivity contribution in [3.8, 4) is 0 Å². The average Bonchev–Trinajstić information content (AvgIpc) is 2.76. The van der Waals surface area contributed by atoms with E-state index >= 15 is 0 Å². The maximum atomic E-state index is 12.0. The monoisotopic (exact) mass is 243 g/mol. The number of hydrogen-bond donors (Lipinski definition) is 0. The molecule has 0 aromatic carbocycles. The topological polar surface area (TPSA) is 48.0 Å². The normalized spacial score (nSPS) is 34.8. The Bertz CT molecular complexity index is 271. The van der Waals surface area contributed by atoms with Gasteiger partial charge in [0.1, 0.15) is 12.1 Å². The molecule has 1 aliphatic carbocycles. The van der Waals surface area contributed by atoms with E-state index in [0.29, 0.717) is 13.2 Å². The Balaban J connectivity index is 1.87. The van der Waals surface area contributed by atoms with Crippen LogP contribution >= 0.6 is 0 Å². The molecular weight excluding hydrogens is 222 g/mol. The standard InChI is InChI=1S/C12H21NO4/c1-13-6-7-16-8-9(13)12(14)17-11-5-3-4-10(11)15-2/h9-11H,3-8H2,1-2H3. The SMILES string of the molecule is COC1CCCC1OC(=O)C1COCCN1C. The van der Waals surface area contributed by atoms with Crippen LogP contribution in [-0.4, -0.2) is 63.0 Å². The fourth-order valence-corrected chi connectivity index (χ4v) is 2.46. The van der Waals surface area contributed by atoms with Crippen LogP contribution < -0.4 is 0 Å². The Morgan fingerprint density at radius 2 is 2.12 bits per heavy atom. The number of nitrogens with zero attached hydrogens (tertiary/aromatic N) is 1. The maximum Gasteiger partial charge on any atom is 0.326 e. The third-order valence-electron chi connectivity index (χ3n) is 3.63. The molecule has 0 amide bonds. The number of carbonyl (C=O) groups is 1. The van der Waals surface area contributed by atoms with E-state index in [-0.39, 0.29) is 24.2 Å². The largest absolute Gasteiger partial charge is 0.458 e. The molecule has 1 saturated heterocycles. The zero-order valence-electron chi connectivity index (χ0n) is 10.6. The summed E-state index contributed by atoms with van der Waals surface area (Å²) < 4.78 is 16.2. The molecule has 5 heteroatoms. The Labute approximate surface area is 102 Å². The van der Waals surface area contributed by atoms with Gasteiger partial charge in [-0.2, -0.15) is 0 Å². The number of ether oxygens (including phenoxy) is 3. The van der Waals surface area contributed by atoms with E-state index in [1.54, 1.807) is 7.11 Å². The minimum absolute atomic E-state index is 0.0637. The molecule has 0 aromatic rings. The molecule has 0 radical (unpaired) electrons. The van der Waals surface area contributed by atoms with Gasteiger partial charge in [0.15, 0.2) is 0 Å². The Morgan fingerprint density at radius 3 is 2.82 bits per heavy atom. The highest BCUT2D eigenvalue weighted by molar-refractivity contribution is 5.76. The summed E-state index contributed by atoms with van der Waals surface area (Å²) in [6, 6.07) is -0.262. The molecule has 98 valence electrons. The summed E-state index contributed by atoms with van der Waals surface area (Å²) in [4.78, 5) is 14.0. The molecule has 5 nitrogen and oxygen atoms in total. The second kappa shape index (κ2) is 5.80. The van der Waals surface area contributed by atoms with Gasteiger partial charge in [-0.3, -0.25) is 9.69 Å². The molecule has 3 atom stereocenters. The average molecular weight is 243 g/mol. The second-order valence-electron chi connectivity index (χ2n) is 4.75. The molecule has 1 saturated carbocycles. The van der Waals surface area contributed by atoms with E-state index in [9.17, 15) is 4.79 Å². The summed E-state index contributed by atoms with van der Waals surface area (Å²) in [5, 5.41) is 0. The fourth-order valence-electron chi connectivity index (χ4n) is 2.46. The molecule has 3 unspecified atom stereocenters. The first kappa shape index (κ1) is 12.8. The van der Waals surface area contributed by atoms with Crippen molar-refractivity contribution in [1.29, 1.82) is 0 Å². The van der Waals surface area contributed by atoms with Gasteiger partial charge in [-0.05, 0) is 26.3 Å². The van der Waals surface area contributed by atoms with Crippen LogP contribution in [0.15, 0.2) is 0 Å². The molecule has 2 aliphatic rings. The number of likely N-dealkylation sites (N-methyl/N-ethyl adjacent to an activating group) is 1. The molecule has 1 aliphatic heterocycles.